The molecule has 0 fully saturated rings. The quantitative estimate of drug-likeness (QED) is 0.767. The molecule has 0 saturated carbocycles. The topological polar surface area (TPSA) is 65.3 Å². The van der Waals surface area contributed by atoms with Gasteiger partial charge in [-0.25, -0.2) is 0 Å². The molecule has 2 rings (SSSR count). The van der Waals surface area contributed by atoms with Crippen LogP contribution >= 0.6 is 11.6 Å². The van der Waals surface area contributed by atoms with Crippen molar-refractivity contribution in [2.45, 2.75) is 18.6 Å². The monoisotopic (exact) mass is 344 g/mol. The lowest BCUT2D eigenvalue weighted by Crippen LogP contribution is -2.27. The number of methoxy groups -OCH3 is 1. The molecule has 0 heterocycles. The molecule has 2 aromatic rings. The van der Waals surface area contributed by atoms with Crippen LogP contribution in [0.4, 0.5) is 0 Å². The molecule has 0 aliphatic carbocycles. The molecule has 2 atom stereocenters. The molecular weight excluding hydrogens is 324 g/mol. The van der Waals surface area contributed by atoms with Crippen LogP contribution < -0.4 is 5.32 Å². The van der Waals surface area contributed by atoms with Crippen molar-refractivity contribution in [1.29, 1.82) is 5.26 Å². The molecule has 2 unspecified atom stereocenters. The van der Waals surface area contributed by atoms with Crippen molar-refractivity contribution in [2.75, 3.05) is 20.3 Å². The van der Waals surface area contributed by atoms with Crippen LogP contribution in [-0.2, 0) is 4.74 Å². The first-order chi connectivity index (χ1) is 11.6. The summed E-state index contributed by atoms with van der Waals surface area (Å²) in [6.45, 7) is 1.02. The Bertz CT molecular complexity index is 665. The molecule has 0 saturated heterocycles. The minimum Gasteiger partial charge on any atom is -0.387 e. The van der Waals surface area contributed by atoms with Crippen LogP contribution in [0.25, 0.3) is 0 Å². The SMILES string of the molecule is COCCC(NCC(O)c1ccc(C#N)cc1)c1ccc(Cl)cc1. The van der Waals surface area contributed by atoms with Crippen LogP contribution in [0.5, 0.6) is 0 Å². The van der Waals surface area contributed by atoms with E-state index in [1.807, 2.05) is 24.3 Å². The van der Waals surface area contributed by atoms with E-state index >= 15 is 0 Å². The highest BCUT2D eigenvalue weighted by Crippen LogP contribution is 2.21. The number of nitrogens with one attached hydrogen (secondary N) is 1. The number of halogens is 1. The van der Waals surface area contributed by atoms with E-state index in [9.17, 15) is 5.11 Å². The number of nitriles is 1. The van der Waals surface area contributed by atoms with Crippen LogP contribution in [0, 0.1) is 11.3 Å². The van der Waals surface area contributed by atoms with Crippen molar-refractivity contribution in [1.82, 2.24) is 5.32 Å². The van der Waals surface area contributed by atoms with Crippen molar-refractivity contribution in [3.05, 3.63) is 70.2 Å². The minimum absolute atomic E-state index is 0.0650. The summed E-state index contributed by atoms with van der Waals surface area (Å²) < 4.78 is 5.18. The van der Waals surface area contributed by atoms with Crippen LogP contribution in [0.1, 0.15) is 35.3 Å². The Balaban J connectivity index is 2.00. The largest absolute Gasteiger partial charge is 0.387 e. The molecular formula is C19H21ClN2O2. The second kappa shape index (κ2) is 9.41. The minimum atomic E-state index is -0.643. The number of aliphatic hydroxyl groups excluding tert-OH is 1. The summed E-state index contributed by atoms with van der Waals surface area (Å²) in [7, 11) is 1.67. The smallest absolute Gasteiger partial charge is 0.0991 e. The molecule has 0 amide bonds. The first-order valence-electron chi connectivity index (χ1n) is 7.80. The van der Waals surface area contributed by atoms with Crippen molar-refractivity contribution in [3.8, 4) is 6.07 Å². The lowest BCUT2D eigenvalue weighted by molar-refractivity contribution is 0.156. The van der Waals surface area contributed by atoms with Gasteiger partial charge in [-0.1, -0.05) is 35.9 Å². The van der Waals surface area contributed by atoms with Gasteiger partial charge in [-0.15, -0.1) is 0 Å². The fourth-order valence-corrected chi connectivity index (χ4v) is 2.59. The fraction of sp³-hybridized carbons (Fsp3) is 0.316. The Kier molecular flexibility index (Phi) is 7.23. The Morgan fingerprint density at radius 3 is 2.33 bits per heavy atom. The normalized spacial score (nSPS) is 13.2. The lowest BCUT2D eigenvalue weighted by atomic mass is 10.0. The number of benzene rings is 2. The molecule has 0 aliphatic heterocycles. The van der Waals surface area contributed by atoms with Crippen molar-refractivity contribution >= 4 is 11.6 Å². The highest BCUT2D eigenvalue weighted by molar-refractivity contribution is 6.30. The number of hydrogen-bond acceptors (Lipinski definition) is 4. The van der Waals surface area contributed by atoms with Gasteiger partial charge in [0, 0.05) is 31.3 Å². The zero-order chi connectivity index (χ0) is 17.4. The molecule has 0 aromatic heterocycles. The van der Waals surface area contributed by atoms with E-state index in [0.717, 1.165) is 17.5 Å². The van der Waals surface area contributed by atoms with Crippen LogP contribution in [0.3, 0.4) is 0 Å². The summed E-state index contributed by atoms with van der Waals surface area (Å²) in [4.78, 5) is 0. The Morgan fingerprint density at radius 1 is 1.12 bits per heavy atom. The Hall–Kier alpha value is -1.90. The average Bonchev–Trinajstić information content (AvgIpc) is 2.62. The molecule has 4 nitrogen and oxygen atoms in total. The van der Waals surface area contributed by atoms with E-state index < -0.39 is 6.10 Å². The summed E-state index contributed by atoms with van der Waals surface area (Å²) >= 11 is 5.94. The highest BCUT2D eigenvalue weighted by atomic mass is 35.5. The third-order valence-electron chi connectivity index (χ3n) is 3.87. The molecule has 0 radical (unpaired) electrons. The van der Waals surface area contributed by atoms with Crippen LogP contribution in [0.2, 0.25) is 5.02 Å². The van der Waals surface area contributed by atoms with Crippen molar-refractivity contribution < 1.29 is 9.84 Å². The maximum atomic E-state index is 10.4. The van der Waals surface area contributed by atoms with Gasteiger partial charge in [0.1, 0.15) is 0 Å². The van der Waals surface area contributed by atoms with E-state index in [0.29, 0.717) is 23.7 Å². The van der Waals surface area contributed by atoms with Gasteiger partial charge in [-0.2, -0.15) is 5.26 Å². The highest BCUT2D eigenvalue weighted by Gasteiger charge is 2.14. The second-order valence-corrected chi connectivity index (χ2v) is 5.98. The first kappa shape index (κ1) is 18.4. The van der Waals surface area contributed by atoms with Crippen molar-refractivity contribution in [3.63, 3.8) is 0 Å². The maximum Gasteiger partial charge on any atom is 0.0991 e. The fourth-order valence-electron chi connectivity index (χ4n) is 2.47. The zero-order valence-electron chi connectivity index (χ0n) is 13.6. The number of hydrogen-bond donors (Lipinski definition) is 2. The number of nitrogens with zero attached hydrogens (tertiary/aromatic N) is 1. The van der Waals surface area contributed by atoms with Crippen LogP contribution in [-0.4, -0.2) is 25.4 Å². The second-order valence-electron chi connectivity index (χ2n) is 5.54. The third-order valence-corrected chi connectivity index (χ3v) is 4.12. The van der Waals surface area contributed by atoms with Gasteiger partial charge in [-0.3, -0.25) is 0 Å². The first-order valence-corrected chi connectivity index (χ1v) is 8.17. The lowest BCUT2D eigenvalue weighted by Gasteiger charge is -2.21. The van der Waals surface area contributed by atoms with E-state index in [2.05, 4.69) is 11.4 Å². The van der Waals surface area contributed by atoms with E-state index in [-0.39, 0.29) is 6.04 Å². The van der Waals surface area contributed by atoms with Crippen LogP contribution in [0.15, 0.2) is 48.5 Å². The van der Waals surface area contributed by atoms with Gasteiger partial charge in [0.25, 0.3) is 0 Å². The molecule has 2 aromatic carbocycles. The summed E-state index contributed by atoms with van der Waals surface area (Å²) in [5.41, 5.74) is 2.46. The van der Waals surface area contributed by atoms with E-state index in [1.54, 1.807) is 31.4 Å². The Morgan fingerprint density at radius 2 is 1.75 bits per heavy atom. The molecule has 24 heavy (non-hydrogen) atoms. The average molecular weight is 345 g/mol. The molecule has 5 heteroatoms. The van der Waals surface area contributed by atoms with Crippen molar-refractivity contribution in [2.24, 2.45) is 0 Å². The molecule has 2 N–H and O–H groups in total. The summed E-state index contributed by atoms with van der Waals surface area (Å²) in [6.07, 6.45) is 0.146. The predicted octanol–water partition coefficient (Wildman–Crippen LogP) is 3.61. The number of ether oxygens (including phenoxy) is 1. The molecule has 0 spiro atoms. The van der Waals surface area contributed by atoms with Gasteiger partial charge < -0.3 is 15.2 Å². The van der Waals surface area contributed by atoms with Gasteiger partial charge in [0.2, 0.25) is 0 Å². The summed E-state index contributed by atoms with van der Waals surface area (Å²) in [5, 5.41) is 23.3. The van der Waals surface area contributed by atoms with Gasteiger partial charge >= 0.3 is 0 Å². The molecule has 0 aliphatic rings. The van der Waals surface area contributed by atoms with E-state index in [4.69, 9.17) is 21.6 Å². The van der Waals surface area contributed by atoms with Gasteiger partial charge in [0.05, 0.1) is 17.7 Å². The van der Waals surface area contributed by atoms with E-state index in [1.165, 1.54) is 0 Å². The van der Waals surface area contributed by atoms with Gasteiger partial charge in [0.15, 0.2) is 0 Å². The Labute approximate surface area is 147 Å². The number of rotatable bonds is 8. The zero-order valence-corrected chi connectivity index (χ0v) is 14.3. The predicted molar refractivity (Wildman–Crippen MR) is 94.8 cm³/mol. The maximum absolute atomic E-state index is 10.4. The van der Waals surface area contributed by atoms with Gasteiger partial charge in [-0.05, 0) is 41.8 Å². The molecule has 0 bridgehead atoms. The number of aliphatic hydroxyl groups is 1. The molecule has 126 valence electrons. The standard InChI is InChI=1S/C19H21ClN2O2/c1-24-11-10-18(15-6-8-17(20)9-7-15)22-13-19(23)16-4-2-14(12-21)3-5-16/h2-9,18-19,22-23H,10-11,13H2,1H3. The summed E-state index contributed by atoms with van der Waals surface area (Å²) in [5.74, 6) is 0. The third kappa shape index (κ3) is 5.33. The summed E-state index contributed by atoms with van der Waals surface area (Å²) in [6, 6.07) is 16.8.